The lowest BCUT2D eigenvalue weighted by Gasteiger charge is -2.13. The highest BCUT2D eigenvalue weighted by Gasteiger charge is 2.05. The fraction of sp³-hybridized carbons (Fsp3) is 0.550. The Hall–Kier alpha value is -1.49. The molecule has 1 heterocycles. The summed E-state index contributed by atoms with van der Waals surface area (Å²) in [4.78, 5) is 4.68. The van der Waals surface area contributed by atoms with Gasteiger partial charge in [-0.15, -0.1) is 34.2 Å². The molecule has 9 heteroatoms. The van der Waals surface area contributed by atoms with Crippen LogP contribution < -0.4 is 15.4 Å². The van der Waals surface area contributed by atoms with Gasteiger partial charge in [-0.05, 0) is 56.4 Å². The number of rotatable bonds is 11. The predicted octanol–water partition coefficient (Wildman–Crippen LogP) is 3.17. The number of nitrogens with zero attached hydrogens (tertiary/aromatic N) is 4. The molecule has 1 aromatic heterocycles. The van der Waals surface area contributed by atoms with Gasteiger partial charge in [0.05, 0.1) is 6.61 Å². The number of ether oxygens (including phenoxy) is 1. The molecule has 2 rings (SSSR count). The number of guanidine groups is 1. The first-order chi connectivity index (χ1) is 13.6. The Morgan fingerprint density at radius 3 is 2.72 bits per heavy atom. The molecule has 2 N–H and O–H groups in total. The molecule has 162 valence electrons. The third-order valence-electron chi connectivity index (χ3n) is 4.29. The first-order valence-corrected chi connectivity index (χ1v) is 11.1. The zero-order valence-corrected chi connectivity index (χ0v) is 20.9. The molecule has 2 aromatic rings. The number of hydrogen-bond donors (Lipinski definition) is 2. The van der Waals surface area contributed by atoms with Crippen LogP contribution in [-0.2, 0) is 20.0 Å². The van der Waals surface area contributed by atoms with Gasteiger partial charge in [0.1, 0.15) is 18.1 Å². The van der Waals surface area contributed by atoms with E-state index in [1.807, 2.05) is 49.4 Å². The number of aromatic nitrogens is 3. The standard InChI is InChI=1S/C20H32N6OS.HI/c1-5-27-18-9-6-8-17(14-18)10-12-22-20(21-11-7-13-28-4)23-15-19-25-24-16(2)26(19)3;/h6,8-9,14H,5,7,10-13,15H2,1-4H3,(H2,21,22,23);1H. The fourth-order valence-corrected chi connectivity index (χ4v) is 3.05. The van der Waals surface area contributed by atoms with E-state index in [2.05, 4.69) is 44.2 Å². The van der Waals surface area contributed by atoms with Crippen molar-refractivity contribution >= 4 is 41.7 Å². The molecule has 0 saturated carbocycles. The number of thioether (sulfide) groups is 1. The third-order valence-corrected chi connectivity index (χ3v) is 4.99. The Morgan fingerprint density at radius 1 is 1.24 bits per heavy atom. The van der Waals surface area contributed by atoms with Crippen LogP contribution in [0.15, 0.2) is 29.3 Å². The lowest BCUT2D eigenvalue weighted by Crippen LogP contribution is -2.39. The van der Waals surface area contributed by atoms with E-state index in [9.17, 15) is 0 Å². The largest absolute Gasteiger partial charge is 0.494 e. The van der Waals surface area contributed by atoms with Crippen molar-refractivity contribution in [2.75, 3.05) is 31.7 Å². The van der Waals surface area contributed by atoms with E-state index in [-0.39, 0.29) is 24.0 Å². The lowest BCUT2D eigenvalue weighted by molar-refractivity contribution is 0.340. The van der Waals surface area contributed by atoms with Crippen LogP contribution in [0.1, 0.15) is 30.6 Å². The number of nitrogens with one attached hydrogen (secondary N) is 2. The Morgan fingerprint density at radius 2 is 2.03 bits per heavy atom. The second kappa shape index (κ2) is 14.5. The van der Waals surface area contributed by atoms with Crippen molar-refractivity contribution in [3.8, 4) is 5.75 Å². The van der Waals surface area contributed by atoms with Crippen molar-refractivity contribution in [1.82, 2.24) is 25.4 Å². The summed E-state index contributed by atoms with van der Waals surface area (Å²) in [7, 11) is 1.96. The van der Waals surface area contributed by atoms with E-state index in [1.54, 1.807) is 0 Å². The van der Waals surface area contributed by atoms with Crippen LogP contribution >= 0.6 is 35.7 Å². The van der Waals surface area contributed by atoms with Crippen molar-refractivity contribution in [3.63, 3.8) is 0 Å². The molecule has 0 bridgehead atoms. The van der Waals surface area contributed by atoms with E-state index in [4.69, 9.17) is 4.74 Å². The molecule has 0 amide bonds. The number of aliphatic imine (C=N–C) groups is 1. The predicted molar refractivity (Wildman–Crippen MR) is 133 cm³/mol. The lowest BCUT2D eigenvalue weighted by atomic mass is 10.1. The van der Waals surface area contributed by atoms with E-state index >= 15 is 0 Å². The SMILES string of the molecule is CCOc1cccc(CCNC(=NCc2nnc(C)n2C)NCCCSC)c1.I. The molecule has 0 spiro atoms. The van der Waals surface area contributed by atoms with Gasteiger partial charge in [0.15, 0.2) is 11.8 Å². The van der Waals surface area contributed by atoms with Crippen LogP contribution in [0.5, 0.6) is 5.75 Å². The maximum Gasteiger partial charge on any atom is 0.191 e. The summed E-state index contributed by atoms with van der Waals surface area (Å²) in [6.45, 7) is 6.80. The number of benzene rings is 1. The zero-order chi connectivity index (χ0) is 20.2. The fourth-order valence-electron chi connectivity index (χ4n) is 2.62. The van der Waals surface area contributed by atoms with Gasteiger partial charge in [-0.3, -0.25) is 0 Å². The van der Waals surface area contributed by atoms with E-state index in [0.29, 0.717) is 13.2 Å². The maximum atomic E-state index is 5.58. The van der Waals surface area contributed by atoms with Crippen LogP contribution in [-0.4, -0.2) is 52.4 Å². The van der Waals surface area contributed by atoms with Gasteiger partial charge in [0.2, 0.25) is 0 Å². The topological polar surface area (TPSA) is 76.4 Å². The van der Waals surface area contributed by atoms with Crippen LogP contribution in [0.3, 0.4) is 0 Å². The first-order valence-electron chi connectivity index (χ1n) is 9.71. The van der Waals surface area contributed by atoms with Crippen molar-refractivity contribution in [1.29, 1.82) is 0 Å². The molecule has 0 fully saturated rings. The minimum Gasteiger partial charge on any atom is -0.494 e. The first kappa shape index (κ1) is 25.5. The molecule has 0 unspecified atom stereocenters. The highest BCUT2D eigenvalue weighted by Crippen LogP contribution is 2.13. The van der Waals surface area contributed by atoms with Gasteiger partial charge in [-0.1, -0.05) is 12.1 Å². The number of hydrogen-bond acceptors (Lipinski definition) is 5. The van der Waals surface area contributed by atoms with Gasteiger partial charge in [0.25, 0.3) is 0 Å². The summed E-state index contributed by atoms with van der Waals surface area (Å²) in [6.07, 6.45) is 4.12. The average Bonchev–Trinajstić information content (AvgIpc) is 3.01. The maximum absolute atomic E-state index is 5.58. The van der Waals surface area contributed by atoms with Crippen molar-refractivity contribution < 1.29 is 4.74 Å². The second-order valence-corrected chi connectivity index (χ2v) is 7.40. The average molecular weight is 532 g/mol. The summed E-state index contributed by atoms with van der Waals surface area (Å²) in [5.74, 6) is 4.60. The summed E-state index contributed by atoms with van der Waals surface area (Å²) in [6, 6.07) is 8.24. The molecule has 0 radical (unpaired) electrons. The Labute approximate surface area is 195 Å². The monoisotopic (exact) mass is 532 g/mol. The minimum absolute atomic E-state index is 0. The highest BCUT2D eigenvalue weighted by atomic mass is 127. The van der Waals surface area contributed by atoms with E-state index < -0.39 is 0 Å². The summed E-state index contributed by atoms with van der Waals surface area (Å²) in [5, 5.41) is 15.1. The smallest absolute Gasteiger partial charge is 0.191 e. The van der Waals surface area contributed by atoms with E-state index in [1.165, 1.54) is 5.56 Å². The van der Waals surface area contributed by atoms with Crippen molar-refractivity contribution in [2.45, 2.75) is 33.2 Å². The van der Waals surface area contributed by atoms with Crippen LogP contribution in [0, 0.1) is 6.92 Å². The molecular formula is C20H33IN6OS. The summed E-state index contributed by atoms with van der Waals surface area (Å²) < 4.78 is 7.54. The van der Waals surface area contributed by atoms with Crippen molar-refractivity contribution in [3.05, 3.63) is 41.5 Å². The highest BCUT2D eigenvalue weighted by molar-refractivity contribution is 14.0. The van der Waals surface area contributed by atoms with Gasteiger partial charge in [-0.25, -0.2) is 4.99 Å². The molecule has 0 aliphatic rings. The number of halogens is 1. The third kappa shape index (κ3) is 9.24. The molecule has 0 aliphatic carbocycles. The molecule has 0 aliphatic heterocycles. The summed E-state index contributed by atoms with van der Waals surface area (Å²) in [5.41, 5.74) is 1.24. The molecule has 0 saturated heterocycles. The quantitative estimate of drug-likeness (QED) is 0.201. The van der Waals surface area contributed by atoms with Gasteiger partial charge >= 0.3 is 0 Å². The van der Waals surface area contributed by atoms with Crippen LogP contribution in [0.2, 0.25) is 0 Å². The number of aryl methyl sites for hydroxylation is 1. The van der Waals surface area contributed by atoms with Crippen LogP contribution in [0.4, 0.5) is 0 Å². The molecule has 7 nitrogen and oxygen atoms in total. The van der Waals surface area contributed by atoms with E-state index in [0.717, 1.165) is 55.0 Å². The zero-order valence-electron chi connectivity index (χ0n) is 17.8. The van der Waals surface area contributed by atoms with Gasteiger partial charge in [0, 0.05) is 20.1 Å². The van der Waals surface area contributed by atoms with Crippen LogP contribution in [0.25, 0.3) is 0 Å². The normalized spacial score (nSPS) is 11.1. The minimum atomic E-state index is 0. The van der Waals surface area contributed by atoms with Gasteiger partial charge < -0.3 is 19.9 Å². The van der Waals surface area contributed by atoms with Gasteiger partial charge in [-0.2, -0.15) is 11.8 Å². The second-order valence-electron chi connectivity index (χ2n) is 6.42. The molecule has 0 atom stereocenters. The Kier molecular flexibility index (Phi) is 12.8. The van der Waals surface area contributed by atoms with Crippen molar-refractivity contribution in [2.24, 2.45) is 12.0 Å². The Balaban J connectivity index is 0.00000420. The summed E-state index contributed by atoms with van der Waals surface area (Å²) >= 11 is 1.85. The Bertz CT molecular complexity index is 752. The molecule has 1 aromatic carbocycles. The molecular weight excluding hydrogens is 499 g/mol. The molecule has 29 heavy (non-hydrogen) atoms.